The third-order valence-corrected chi connectivity index (χ3v) is 4.74. The highest BCUT2D eigenvalue weighted by molar-refractivity contribution is 7.99. The lowest BCUT2D eigenvalue weighted by Crippen LogP contribution is -2.52. The van der Waals surface area contributed by atoms with Crippen molar-refractivity contribution in [3.8, 4) is 0 Å². The second-order valence-electron chi connectivity index (χ2n) is 5.11. The fourth-order valence-electron chi connectivity index (χ4n) is 2.44. The van der Waals surface area contributed by atoms with E-state index in [2.05, 4.69) is 10.6 Å². The SMILES string of the molecule is CSC1CCCCC1NC(=O)N[C@@H](CCC(=O)O)C(=O)O. The Morgan fingerprint density at radius 2 is 1.90 bits per heavy atom. The van der Waals surface area contributed by atoms with Crippen LogP contribution in [-0.4, -0.2) is 51.8 Å². The minimum Gasteiger partial charge on any atom is -0.481 e. The molecule has 21 heavy (non-hydrogen) atoms. The zero-order valence-electron chi connectivity index (χ0n) is 12.0. The predicted molar refractivity (Wildman–Crippen MR) is 79.5 cm³/mol. The van der Waals surface area contributed by atoms with Gasteiger partial charge in [0.25, 0.3) is 0 Å². The molecule has 7 nitrogen and oxygen atoms in total. The number of rotatable bonds is 7. The molecule has 0 aromatic carbocycles. The molecular formula is C13H22N2O5S. The molecule has 0 aromatic rings. The Kier molecular flexibility index (Phi) is 7.35. The van der Waals surface area contributed by atoms with Crippen LogP contribution in [0.3, 0.4) is 0 Å². The molecule has 0 radical (unpaired) electrons. The maximum absolute atomic E-state index is 11.9. The van der Waals surface area contributed by atoms with Crippen LogP contribution in [0.1, 0.15) is 38.5 Å². The van der Waals surface area contributed by atoms with Gasteiger partial charge in [-0.25, -0.2) is 9.59 Å². The van der Waals surface area contributed by atoms with Gasteiger partial charge >= 0.3 is 18.0 Å². The normalized spacial score (nSPS) is 23.1. The summed E-state index contributed by atoms with van der Waals surface area (Å²) in [5.74, 6) is -2.31. The zero-order valence-corrected chi connectivity index (χ0v) is 12.8. The van der Waals surface area contributed by atoms with Crippen molar-refractivity contribution in [2.45, 2.75) is 55.9 Å². The molecule has 0 bridgehead atoms. The van der Waals surface area contributed by atoms with Crippen LogP contribution in [0, 0.1) is 0 Å². The van der Waals surface area contributed by atoms with Crippen LogP contribution in [0.15, 0.2) is 0 Å². The molecule has 120 valence electrons. The Morgan fingerprint density at radius 3 is 2.48 bits per heavy atom. The van der Waals surface area contributed by atoms with Gasteiger partial charge in [-0.1, -0.05) is 12.8 Å². The van der Waals surface area contributed by atoms with Gasteiger partial charge in [0.15, 0.2) is 0 Å². The van der Waals surface area contributed by atoms with Gasteiger partial charge in [0.2, 0.25) is 0 Å². The van der Waals surface area contributed by atoms with E-state index < -0.39 is 24.0 Å². The Labute approximate surface area is 127 Å². The topological polar surface area (TPSA) is 116 Å². The maximum atomic E-state index is 11.9. The molecule has 4 N–H and O–H groups in total. The number of hydrogen-bond acceptors (Lipinski definition) is 4. The van der Waals surface area contributed by atoms with E-state index in [-0.39, 0.29) is 18.9 Å². The highest BCUT2D eigenvalue weighted by atomic mass is 32.2. The van der Waals surface area contributed by atoms with Crippen LogP contribution in [-0.2, 0) is 9.59 Å². The van der Waals surface area contributed by atoms with Crippen LogP contribution in [0.25, 0.3) is 0 Å². The first-order valence-electron chi connectivity index (χ1n) is 6.98. The Morgan fingerprint density at radius 1 is 1.24 bits per heavy atom. The average molecular weight is 318 g/mol. The maximum Gasteiger partial charge on any atom is 0.326 e. The lowest BCUT2D eigenvalue weighted by molar-refractivity contribution is -0.140. The minimum absolute atomic E-state index is 0.0302. The van der Waals surface area contributed by atoms with Gasteiger partial charge in [0.05, 0.1) is 0 Å². The fourth-order valence-corrected chi connectivity index (χ4v) is 3.37. The van der Waals surface area contributed by atoms with Crippen LogP contribution >= 0.6 is 11.8 Å². The van der Waals surface area contributed by atoms with Crippen molar-refractivity contribution in [3.63, 3.8) is 0 Å². The largest absolute Gasteiger partial charge is 0.481 e. The second-order valence-corrected chi connectivity index (χ2v) is 6.18. The second kappa shape index (κ2) is 8.76. The van der Waals surface area contributed by atoms with Crippen molar-refractivity contribution in [1.82, 2.24) is 10.6 Å². The number of nitrogens with one attached hydrogen (secondary N) is 2. The summed E-state index contributed by atoms with van der Waals surface area (Å²) >= 11 is 1.70. The van der Waals surface area contributed by atoms with Gasteiger partial charge in [0.1, 0.15) is 6.04 Å². The molecule has 0 heterocycles. The number of carboxylic acid groups (broad SMARTS) is 2. The fraction of sp³-hybridized carbons (Fsp3) is 0.769. The van der Waals surface area contributed by atoms with Crippen LogP contribution in [0.4, 0.5) is 4.79 Å². The third-order valence-electron chi connectivity index (χ3n) is 3.57. The highest BCUT2D eigenvalue weighted by Crippen LogP contribution is 2.27. The summed E-state index contributed by atoms with van der Waals surface area (Å²) in [5, 5.41) is 23.1. The number of carboxylic acids is 2. The first-order chi connectivity index (χ1) is 9.93. The van der Waals surface area contributed by atoms with Crippen LogP contribution in [0.2, 0.25) is 0 Å². The molecule has 2 unspecified atom stereocenters. The molecule has 1 saturated carbocycles. The van der Waals surface area contributed by atoms with E-state index in [9.17, 15) is 14.4 Å². The number of urea groups is 1. The Bertz CT molecular complexity index is 391. The molecule has 0 aromatic heterocycles. The van der Waals surface area contributed by atoms with Gasteiger partial charge in [0, 0.05) is 17.7 Å². The van der Waals surface area contributed by atoms with E-state index in [0.29, 0.717) is 5.25 Å². The molecule has 8 heteroatoms. The number of aliphatic carboxylic acids is 2. The molecular weight excluding hydrogens is 296 g/mol. The monoisotopic (exact) mass is 318 g/mol. The first kappa shape index (κ1) is 17.6. The van der Waals surface area contributed by atoms with E-state index in [4.69, 9.17) is 10.2 Å². The van der Waals surface area contributed by atoms with E-state index in [1.807, 2.05) is 6.26 Å². The van der Waals surface area contributed by atoms with Crippen molar-refractivity contribution in [3.05, 3.63) is 0 Å². The van der Waals surface area contributed by atoms with Crippen molar-refractivity contribution in [1.29, 1.82) is 0 Å². The Balaban J connectivity index is 2.48. The number of carbonyl (C=O) groups excluding carboxylic acids is 1. The molecule has 1 fully saturated rings. The quantitative estimate of drug-likeness (QED) is 0.562. The summed E-state index contributed by atoms with van der Waals surface area (Å²) in [5.41, 5.74) is 0. The lowest BCUT2D eigenvalue weighted by Gasteiger charge is -2.31. The molecule has 1 aliphatic rings. The smallest absolute Gasteiger partial charge is 0.326 e. The van der Waals surface area contributed by atoms with Gasteiger partial charge < -0.3 is 20.8 Å². The summed E-state index contributed by atoms with van der Waals surface area (Å²) in [6, 6.07) is -1.70. The standard InChI is InChI=1S/C13H22N2O5S/c1-21-10-5-3-2-4-8(10)14-13(20)15-9(12(18)19)6-7-11(16)17/h8-10H,2-7H2,1H3,(H,16,17)(H,18,19)(H2,14,15,20)/t8?,9-,10?/m0/s1. The first-order valence-corrected chi connectivity index (χ1v) is 8.27. The zero-order chi connectivity index (χ0) is 15.8. The molecule has 2 amide bonds. The summed E-state index contributed by atoms with van der Waals surface area (Å²) in [6.45, 7) is 0. The summed E-state index contributed by atoms with van der Waals surface area (Å²) in [7, 11) is 0. The van der Waals surface area contributed by atoms with E-state index in [0.717, 1.165) is 25.7 Å². The van der Waals surface area contributed by atoms with Gasteiger partial charge in [-0.2, -0.15) is 11.8 Å². The molecule has 1 aliphatic carbocycles. The van der Waals surface area contributed by atoms with Crippen molar-refractivity contribution >= 4 is 29.7 Å². The van der Waals surface area contributed by atoms with Crippen molar-refractivity contribution < 1.29 is 24.6 Å². The third kappa shape index (κ3) is 6.24. The average Bonchev–Trinajstić information content (AvgIpc) is 2.43. The van der Waals surface area contributed by atoms with E-state index in [1.54, 1.807) is 11.8 Å². The van der Waals surface area contributed by atoms with Gasteiger partial charge in [-0.05, 0) is 25.5 Å². The molecule has 0 spiro atoms. The minimum atomic E-state index is -1.23. The lowest BCUT2D eigenvalue weighted by atomic mass is 9.95. The molecule has 1 rings (SSSR count). The predicted octanol–water partition coefficient (Wildman–Crippen LogP) is 1.28. The highest BCUT2D eigenvalue weighted by Gasteiger charge is 2.27. The summed E-state index contributed by atoms with van der Waals surface area (Å²) in [4.78, 5) is 33.4. The molecule has 0 aliphatic heterocycles. The van der Waals surface area contributed by atoms with Gasteiger partial charge in [-0.3, -0.25) is 4.79 Å². The molecule has 0 saturated heterocycles. The van der Waals surface area contributed by atoms with E-state index >= 15 is 0 Å². The number of carbonyl (C=O) groups is 3. The Hall–Kier alpha value is -1.44. The van der Waals surface area contributed by atoms with E-state index in [1.165, 1.54) is 0 Å². The summed E-state index contributed by atoms with van der Waals surface area (Å²) < 4.78 is 0. The van der Waals surface area contributed by atoms with Crippen molar-refractivity contribution in [2.24, 2.45) is 0 Å². The number of thioether (sulfide) groups is 1. The van der Waals surface area contributed by atoms with Crippen LogP contribution in [0.5, 0.6) is 0 Å². The molecule has 3 atom stereocenters. The number of amides is 2. The van der Waals surface area contributed by atoms with Crippen LogP contribution < -0.4 is 10.6 Å². The number of hydrogen-bond donors (Lipinski definition) is 4. The van der Waals surface area contributed by atoms with Crippen molar-refractivity contribution in [2.75, 3.05) is 6.26 Å². The van der Waals surface area contributed by atoms with Gasteiger partial charge in [-0.15, -0.1) is 0 Å². The summed E-state index contributed by atoms with van der Waals surface area (Å²) in [6.07, 6.45) is 5.67.